The highest BCUT2D eigenvalue weighted by molar-refractivity contribution is 6.42. The number of carbonyl (C=O) groups excluding carboxylic acids is 1. The van der Waals surface area contributed by atoms with E-state index >= 15 is 0 Å². The van der Waals surface area contributed by atoms with Gasteiger partial charge < -0.3 is 19.7 Å². The van der Waals surface area contributed by atoms with E-state index in [1.54, 1.807) is 18.2 Å². The summed E-state index contributed by atoms with van der Waals surface area (Å²) in [6.07, 6.45) is 1.40. The predicted octanol–water partition coefficient (Wildman–Crippen LogP) is 2.35. The summed E-state index contributed by atoms with van der Waals surface area (Å²) in [6.45, 7) is 3.27. The molecule has 0 spiro atoms. The standard InChI is InChI=1S/C16H20Cl2N2O3/c17-13-4-3-11(8-14(13)18)23-12-2-1-6-20(10-12)16(21)15-9-19-5-7-22-15/h3-4,8,12,15,19H,1-2,5-7,9-10H2. The molecule has 0 saturated carbocycles. The van der Waals surface area contributed by atoms with Gasteiger partial charge >= 0.3 is 0 Å². The molecule has 1 aromatic rings. The Bertz CT molecular complexity index is 564. The van der Waals surface area contributed by atoms with Gasteiger partial charge in [-0.05, 0) is 25.0 Å². The predicted molar refractivity (Wildman–Crippen MR) is 89.3 cm³/mol. The van der Waals surface area contributed by atoms with Crippen molar-refractivity contribution in [1.82, 2.24) is 10.2 Å². The van der Waals surface area contributed by atoms with Crippen molar-refractivity contribution < 1.29 is 14.3 Å². The van der Waals surface area contributed by atoms with Gasteiger partial charge in [-0.25, -0.2) is 0 Å². The highest BCUT2D eigenvalue weighted by Gasteiger charge is 2.31. The molecule has 1 amide bonds. The Morgan fingerprint density at radius 3 is 2.96 bits per heavy atom. The topological polar surface area (TPSA) is 50.8 Å². The van der Waals surface area contributed by atoms with Gasteiger partial charge in [0, 0.05) is 25.7 Å². The number of amides is 1. The lowest BCUT2D eigenvalue weighted by Crippen LogP contribution is -2.53. The van der Waals surface area contributed by atoms with Crippen molar-refractivity contribution in [3.05, 3.63) is 28.2 Å². The van der Waals surface area contributed by atoms with E-state index in [1.807, 2.05) is 4.90 Å². The molecule has 0 aromatic heterocycles. The van der Waals surface area contributed by atoms with Crippen LogP contribution in [0.3, 0.4) is 0 Å². The second-order valence-electron chi connectivity index (χ2n) is 5.81. The van der Waals surface area contributed by atoms with Gasteiger partial charge in [-0.1, -0.05) is 23.2 Å². The van der Waals surface area contributed by atoms with Crippen molar-refractivity contribution >= 4 is 29.1 Å². The summed E-state index contributed by atoms with van der Waals surface area (Å²) in [4.78, 5) is 14.4. The molecular weight excluding hydrogens is 339 g/mol. The molecule has 0 radical (unpaired) electrons. The highest BCUT2D eigenvalue weighted by Crippen LogP contribution is 2.28. The van der Waals surface area contributed by atoms with Crippen LogP contribution < -0.4 is 10.1 Å². The molecule has 1 aromatic carbocycles. The van der Waals surface area contributed by atoms with Crippen LogP contribution in [0.5, 0.6) is 5.75 Å². The molecule has 2 saturated heterocycles. The summed E-state index contributed by atoms with van der Waals surface area (Å²) < 4.78 is 11.5. The number of hydrogen-bond acceptors (Lipinski definition) is 4. The summed E-state index contributed by atoms with van der Waals surface area (Å²) >= 11 is 11.9. The molecule has 1 N–H and O–H groups in total. The largest absolute Gasteiger partial charge is 0.489 e. The summed E-state index contributed by atoms with van der Waals surface area (Å²) in [6, 6.07) is 5.22. The maximum atomic E-state index is 12.5. The fourth-order valence-corrected chi connectivity index (χ4v) is 3.19. The van der Waals surface area contributed by atoms with E-state index in [0.717, 1.165) is 25.9 Å². The highest BCUT2D eigenvalue weighted by atomic mass is 35.5. The zero-order valence-corrected chi connectivity index (χ0v) is 14.3. The third-order valence-electron chi connectivity index (χ3n) is 4.09. The summed E-state index contributed by atoms with van der Waals surface area (Å²) in [5, 5.41) is 4.15. The number of hydrogen-bond donors (Lipinski definition) is 1. The van der Waals surface area contributed by atoms with Crippen molar-refractivity contribution in [2.24, 2.45) is 0 Å². The lowest BCUT2D eigenvalue weighted by molar-refractivity contribution is -0.147. The molecule has 2 aliphatic heterocycles. The van der Waals surface area contributed by atoms with Crippen molar-refractivity contribution in [2.45, 2.75) is 25.0 Å². The van der Waals surface area contributed by atoms with Gasteiger partial charge in [0.2, 0.25) is 0 Å². The number of likely N-dealkylation sites (tertiary alicyclic amines) is 1. The first kappa shape index (κ1) is 16.8. The van der Waals surface area contributed by atoms with E-state index in [0.29, 0.717) is 35.5 Å². The minimum absolute atomic E-state index is 0.0403. The SMILES string of the molecule is O=C(C1CNCCO1)N1CCCC(Oc2ccc(Cl)c(Cl)c2)C1. The molecular formula is C16H20Cl2N2O3. The number of nitrogens with zero attached hydrogens (tertiary/aromatic N) is 1. The number of rotatable bonds is 3. The molecule has 7 heteroatoms. The zero-order valence-electron chi connectivity index (χ0n) is 12.8. The molecule has 126 valence electrons. The van der Waals surface area contributed by atoms with E-state index in [9.17, 15) is 4.79 Å². The molecule has 23 heavy (non-hydrogen) atoms. The second kappa shape index (κ2) is 7.71. The minimum atomic E-state index is -0.382. The van der Waals surface area contributed by atoms with E-state index in [1.165, 1.54) is 0 Å². The van der Waals surface area contributed by atoms with Crippen LogP contribution in [0.25, 0.3) is 0 Å². The van der Waals surface area contributed by atoms with Crippen LogP contribution in [-0.4, -0.2) is 55.8 Å². The molecule has 2 heterocycles. The number of ether oxygens (including phenoxy) is 2. The number of carbonyl (C=O) groups is 1. The molecule has 2 unspecified atom stereocenters. The smallest absolute Gasteiger partial charge is 0.253 e. The number of piperidine rings is 1. The zero-order chi connectivity index (χ0) is 16.2. The number of morpholine rings is 1. The fraction of sp³-hybridized carbons (Fsp3) is 0.562. The van der Waals surface area contributed by atoms with Crippen molar-refractivity contribution in [3.8, 4) is 5.75 Å². The van der Waals surface area contributed by atoms with Gasteiger partial charge in [-0.2, -0.15) is 0 Å². The minimum Gasteiger partial charge on any atom is -0.489 e. The molecule has 0 bridgehead atoms. The molecule has 5 nitrogen and oxygen atoms in total. The summed E-state index contributed by atoms with van der Waals surface area (Å²) in [5.74, 6) is 0.717. The third-order valence-corrected chi connectivity index (χ3v) is 4.83. The Morgan fingerprint density at radius 1 is 1.35 bits per heavy atom. The number of benzene rings is 1. The Kier molecular flexibility index (Phi) is 5.64. The molecule has 2 fully saturated rings. The monoisotopic (exact) mass is 358 g/mol. The summed E-state index contributed by atoms with van der Waals surface area (Å²) in [7, 11) is 0. The van der Waals surface area contributed by atoms with Crippen molar-refractivity contribution in [3.63, 3.8) is 0 Å². The van der Waals surface area contributed by atoms with Gasteiger partial charge in [0.15, 0.2) is 0 Å². The first-order chi connectivity index (χ1) is 11.1. The molecule has 2 aliphatic rings. The Balaban J connectivity index is 1.59. The maximum Gasteiger partial charge on any atom is 0.253 e. The Labute approximate surface area is 145 Å². The van der Waals surface area contributed by atoms with Crippen LogP contribution >= 0.6 is 23.2 Å². The van der Waals surface area contributed by atoms with Crippen molar-refractivity contribution in [2.75, 3.05) is 32.8 Å². The number of nitrogens with one attached hydrogen (secondary N) is 1. The molecule has 2 atom stereocenters. The first-order valence-electron chi connectivity index (χ1n) is 7.86. The van der Waals surface area contributed by atoms with Gasteiger partial charge in [0.1, 0.15) is 18.0 Å². The van der Waals surface area contributed by atoms with E-state index in [4.69, 9.17) is 32.7 Å². The number of halogens is 2. The Hall–Kier alpha value is -1.01. The van der Waals surface area contributed by atoms with Crippen LogP contribution in [0, 0.1) is 0 Å². The van der Waals surface area contributed by atoms with Gasteiger partial charge in [0.25, 0.3) is 5.91 Å². The normalized spacial score (nSPS) is 25.2. The van der Waals surface area contributed by atoms with Crippen LogP contribution in [0.2, 0.25) is 10.0 Å². The van der Waals surface area contributed by atoms with Crippen molar-refractivity contribution in [1.29, 1.82) is 0 Å². The third kappa shape index (κ3) is 4.29. The van der Waals surface area contributed by atoms with Gasteiger partial charge in [0.05, 0.1) is 23.2 Å². The van der Waals surface area contributed by atoms with E-state index in [2.05, 4.69) is 5.32 Å². The molecule has 0 aliphatic carbocycles. The average Bonchev–Trinajstić information content (AvgIpc) is 2.58. The lowest BCUT2D eigenvalue weighted by atomic mass is 10.1. The molecule has 3 rings (SSSR count). The van der Waals surface area contributed by atoms with E-state index < -0.39 is 0 Å². The van der Waals surface area contributed by atoms with Crippen LogP contribution in [0.15, 0.2) is 18.2 Å². The van der Waals surface area contributed by atoms with Crippen LogP contribution in [0.4, 0.5) is 0 Å². The van der Waals surface area contributed by atoms with Gasteiger partial charge in [-0.15, -0.1) is 0 Å². The van der Waals surface area contributed by atoms with Crippen LogP contribution in [-0.2, 0) is 9.53 Å². The fourth-order valence-electron chi connectivity index (χ4n) is 2.90. The van der Waals surface area contributed by atoms with Gasteiger partial charge in [-0.3, -0.25) is 4.79 Å². The van der Waals surface area contributed by atoms with Crippen LogP contribution in [0.1, 0.15) is 12.8 Å². The maximum absolute atomic E-state index is 12.5. The second-order valence-corrected chi connectivity index (χ2v) is 6.62. The lowest BCUT2D eigenvalue weighted by Gasteiger charge is -2.35. The quantitative estimate of drug-likeness (QED) is 0.900. The average molecular weight is 359 g/mol. The summed E-state index contributed by atoms with van der Waals surface area (Å²) in [5.41, 5.74) is 0. The van der Waals surface area contributed by atoms with E-state index in [-0.39, 0.29) is 18.1 Å². The Morgan fingerprint density at radius 2 is 2.22 bits per heavy atom. The first-order valence-corrected chi connectivity index (χ1v) is 8.62.